The molecule has 1 amide bonds. The molecule has 0 radical (unpaired) electrons. The number of nitrogens with zero attached hydrogens (tertiary/aromatic N) is 1. The number of benzene rings is 1. The van der Waals surface area contributed by atoms with E-state index in [1.807, 2.05) is 6.92 Å². The molecule has 1 aromatic carbocycles. The number of aryl methyl sites for hydroxylation is 1. The van der Waals surface area contributed by atoms with Crippen molar-refractivity contribution in [2.75, 3.05) is 5.32 Å². The maximum atomic E-state index is 12.5. The van der Waals surface area contributed by atoms with Crippen LogP contribution in [0.2, 0.25) is 0 Å². The molecular weight excluding hydrogens is 316 g/mol. The van der Waals surface area contributed by atoms with E-state index in [1.54, 1.807) is 33.0 Å². The molecule has 2 heterocycles. The number of hydrogen-bond acceptors (Lipinski definition) is 3. The van der Waals surface area contributed by atoms with Gasteiger partial charge in [0.1, 0.15) is 11.3 Å². The lowest BCUT2D eigenvalue weighted by molar-refractivity contribution is 0.0635. The van der Waals surface area contributed by atoms with Crippen LogP contribution in [0.3, 0.4) is 0 Å². The molecular formula is C20H24N2O3. The number of anilines is 1. The van der Waals surface area contributed by atoms with Crippen molar-refractivity contribution in [3.8, 4) is 11.3 Å². The van der Waals surface area contributed by atoms with Crippen molar-refractivity contribution in [2.24, 2.45) is 0 Å². The van der Waals surface area contributed by atoms with Crippen LogP contribution < -0.4 is 10.7 Å². The third kappa shape index (κ3) is 3.60. The summed E-state index contributed by atoms with van der Waals surface area (Å²) in [4.78, 5) is 24.5. The summed E-state index contributed by atoms with van der Waals surface area (Å²) in [6.45, 7) is 9.50. The molecule has 1 aromatic heterocycles. The van der Waals surface area contributed by atoms with Crippen molar-refractivity contribution in [1.29, 1.82) is 0 Å². The van der Waals surface area contributed by atoms with Gasteiger partial charge in [-0.3, -0.25) is 10.1 Å². The molecule has 0 spiro atoms. The Morgan fingerprint density at radius 3 is 2.68 bits per heavy atom. The predicted molar refractivity (Wildman–Crippen MR) is 99.1 cm³/mol. The maximum Gasteiger partial charge on any atom is 0.412 e. The first-order valence-electron chi connectivity index (χ1n) is 8.50. The van der Waals surface area contributed by atoms with Crippen LogP contribution in [0.4, 0.5) is 10.5 Å². The number of fused-ring (bicyclic) bond motifs is 3. The summed E-state index contributed by atoms with van der Waals surface area (Å²) < 4.78 is 7.29. The number of carbonyl (C=O) groups excluding carboxylic acids is 1. The third-order valence-corrected chi connectivity index (χ3v) is 4.25. The van der Waals surface area contributed by atoms with E-state index in [4.69, 9.17) is 4.74 Å². The van der Waals surface area contributed by atoms with Gasteiger partial charge in [0.25, 0.3) is 0 Å². The number of amides is 1. The van der Waals surface area contributed by atoms with Crippen molar-refractivity contribution in [3.63, 3.8) is 0 Å². The monoisotopic (exact) mass is 340 g/mol. The quantitative estimate of drug-likeness (QED) is 0.842. The van der Waals surface area contributed by atoms with Crippen molar-refractivity contribution in [1.82, 2.24) is 4.57 Å². The fourth-order valence-corrected chi connectivity index (χ4v) is 3.16. The minimum Gasteiger partial charge on any atom is -0.444 e. The maximum absolute atomic E-state index is 12.5. The van der Waals surface area contributed by atoms with E-state index in [2.05, 4.69) is 35.0 Å². The normalized spacial score (nSPS) is 16.0. The molecule has 1 aliphatic rings. The highest BCUT2D eigenvalue weighted by Crippen LogP contribution is 2.34. The molecule has 0 fully saturated rings. The molecule has 25 heavy (non-hydrogen) atoms. The molecule has 1 N–H and O–H groups in total. The van der Waals surface area contributed by atoms with Crippen LogP contribution in [0.5, 0.6) is 0 Å². The number of rotatable bonds is 1. The van der Waals surface area contributed by atoms with Gasteiger partial charge in [0.15, 0.2) is 0 Å². The zero-order valence-electron chi connectivity index (χ0n) is 15.3. The van der Waals surface area contributed by atoms with Gasteiger partial charge in [-0.05, 0) is 52.7 Å². The van der Waals surface area contributed by atoms with E-state index in [-0.39, 0.29) is 17.2 Å². The fraction of sp³-hybridized carbons (Fsp3) is 0.400. The minimum atomic E-state index is -0.621. The average molecular weight is 340 g/mol. The summed E-state index contributed by atoms with van der Waals surface area (Å²) in [5.41, 5.74) is 3.77. The van der Waals surface area contributed by atoms with Crippen molar-refractivity contribution in [3.05, 3.63) is 51.8 Å². The first kappa shape index (κ1) is 17.3. The van der Waals surface area contributed by atoms with Crippen LogP contribution in [0.15, 0.2) is 35.3 Å². The molecule has 1 atom stereocenters. The van der Waals surface area contributed by atoms with Gasteiger partial charge in [-0.1, -0.05) is 17.7 Å². The second-order valence-corrected chi connectivity index (χ2v) is 7.68. The van der Waals surface area contributed by atoms with E-state index in [9.17, 15) is 9.59 Å². The van der Waals surface area contributed by atoms with E-state index in [1.165, 1.54) is 5.56 Å². The Balaban J connectivity index is 2.01. The third-order valence-electron chi connectivity index (χ3n) is 4.25. The molecule has 0 aliphatic carbocycles. The second kappa shape index (κ2) is 6.06. The van der Waals surface area contributed by atoms with Gasteiger partial charge in [-0.15, -0.1) is 0 Å². The van der Waals surface area contributed by atoms with Crippen LogP contribution in [-0.4, -0.2) is 16.3 Å². The highest BCUT2D eigenvalue weighted by Gasteiger charge is 2.23. The number of ether oxygens (including phenoxy) is 1. The highest BCUT2D eigenvalue weighted by molar-refractivity contribution is 5.85. The molecule has 2 aromatic rings. The van der Waals surface area contributed by atoms with Gasteiger partial charge in [-0.25, -0.2) is 4.79 Å². The zero-order valence-corrected chi connectivity index (χ0v) is 15.3. The summed E-state index contributed by atoms with van der Waals surface area (Å²) in [6.07, 6.45) is 1.99. The lowest BCUT2D eigenvalue weighted by Crippen LogP contribution is -2.30. The number of aromatic nitrogens is 1. The number of hydrogen-bond donors (Lipinski definition) is 1. The minimum absolute atomic E-state index is 0.199. The average Bonchev–Trinajstić information content (AvgIpc) is 2.48. The summed E-state index contributed by atoms with van der Waals surface area (Å²) >= 11 is 0. The van der Waals surface area contributed by atoms with Crippen LogP contribution >= 0.6 is 0 Å². The first-order valence-corrected chi connectivity index (χ1v) is 8.50. The van der Waals surface area contributed by atoms with E-state index in [0.717, 1.165) is 23.2 Å². The van der Waals surface area contributed by atoms with E-state index in [0.29, 0.717) is 0 Å². The standard InChI is InChI=1S/C20H24N2O3/c1-12-6-7-14-9-13(2)22-11-16(21-19(24)25-20(3,4)5)18(23)10-17(22)15(14)8-12/h6-8,10-11,13H,9H2,1-5H3,(H,21,24). The van der Waals surface area contributed by atoms with E-state index < -0.39 is 11.7 Å². The summed E-state index contributed by atoms with van der Waals surface area (Å²) in [5.74, 6) is 0. The smallest absolute Gasteiger partial charge is 0.412 e. The summed E-state index contributed by atoms with van der Waals surface area (Å²) in [6, 6.07) is 8.12. The van der Waals surface area contributed by atoms with Gasteiger partial charge in [-0.2, -0.15) is 0 Å². The number of nitrogens with one attached hydrogen (secondary N) is 1. The van der Waals surface area contributed by atoms with Crippen LogP contribution in [-0.2, 0) is 11.2 Å². The van der Waals surface area contributed by atoms with Gasteiger partial charge in [0.2, 0.25) is 5.43 Å². The van der Waals surface area contributed by atoms with Crippen LogP contribution in [0, 0.1) is 6.92 Å². The second-order valence-electron chi connectivity index (χ2n) is 7.68. The lowest BCUT2D eigenvalue weighted by atomic mass is 9.92. The first-order chi connectivity index (χ1) is 11.6. The Morgan fingerprint density at radius 2 is 2.00 bits per heavy atom. The Kier molecular flexibility index (Phi) is 4.19. The Hall–Kier alpha value is -2.56. The Labute approximate surface area is 147 Å². The molecule has 5 nitrogen and oxygen atoms in total. The van der Waals surface area contributed by atoms with Crippen LogP contribution in [0.1, 0.15) is 44.9 Å². The topological polar surface area (TPSA) is 60.3 Å². The van der Waals surface area contributed by atoms with Crippen molar-refractivity contribution < 1.29 is 9.53 Å². The Morgan fingerprint density at radius 1 is 1.28 bits per heavy atom. The van der Waals surface area contributed by atoms with Gasteiger partial charge >= 0.3 is 6.09 Å². The summed E-state index contributed by atoms with van der Waals surface area (Å²) in [5, 5.41) is 2.58. The van der Waals surface area contributed by atoms with Crippen molar-refractivity contribution >= 4 is 11.8 Å². The molecule has 1 aliphatic heterocycles. The molecule has 0 saturated heterocycles. The lowest BCUT2D eigenvalue weighted by Gasteiger charge is -2.29. The largest absolute Gasteiger partial charge is 0.444 e. The highest BCUT2D eigenvalue weighted by atomic mass is 16.6. The van der Waals surface area contributed by atoms with Gasteiger partial charge in [0, 0.05) is 23.9 Å². The SMILES string of the molecule is Cc1ccc2c(c1)-c1cc(=O)c(NC(=O)OC(C)(C)C)cn1C(C)C2. The van der Waals surface area contributed by atoms with Gasteiger partial charge < -0.3 is 9.30 Å². The molecule has 1 unspecified atom stereocenters. The molecule has 3 rings (SSSR count). The van der Waals surface area contributed by atoms with Gasteiger partial charge in [0.05, 0.1) is 5.69 Å². The van der Waals surface area contributed by atoms with E-state index >= 15 is 0 Å². The van der Waals surface area contributed by atoms with Crippen LogP contribution in [0.25, 0.3) is 11.3 Å². The predicted octanol–water partition coefficient (Wildman–Crippen LogP) is 4.29. The number of carbonyl (C=O) groups is 1. The number of pyridine rings is 1. The van der Waals surface area contributed by atoms with Crippen molar-refractivity contribution in [2.45, 2.75) is 52.7 Å². The molecule has 132 valence electrons. The molecule has 0 saturated carbocycles. The fourth-order valence-electron chi connectivity index (χ4n) is 3.16. The Bertz CT molecular complexity index is 891. The summed E-state index contributed by atoms with van der Waals surface area (Å²) in [7, 11) is 0. The molecule has 5 heteroatoms. The molecule has 0 bridgehead atoms. The zero-order chi connectivity index (χ0) is 18.4.